The molecular weight excluding hydrogens is 228 g/mol. The minimum absolute atomic E-state index is 0.571. The van der Waals surface area contributed by atoms with Crippen LogP contribution in [0.15, 0.2) is 28.8 Å². The largest absolute Gasteiger partial charge is 0.466 e. The fourth-order valence-corrected chi connectivity index (χ4v) is 2.00. The van der Waals surface area contributed by atoms with Crippen molar-refractivity contribution in [2.75, 3.05) is 0 Å². The lowest BCUT2D eigenvalue weighted by Crippen LogP contribution is -1.89. The van der Waals surface area contributed by atoms with Crippen molar-refractivity contribution in [2.24, 2.45) is 0 Å². The molecular formula is C13H10N4O. The second kappa shape index (κ2) is 3.70. The molecule has 0 atom stereocenters. The Hall–Kier alpha value is -2.61. The first kappa shape index (κ1) is 10.5. The van der Waals surface area contributed by atoms with Gasteiger partial charge in [-0.05, 0) is 26.0 Å². The van der Waals surface area contributed by atoms with E-state index in [9.17, 15) is 0 Å². The van der Waals surface area contributed by atoms with Crippen LogP contribution in [-0.4, -0.2) is 14.6 Å². The second-order valence-corrected chi connectivity index (χ2v) is 4.11. The number of aromatic nitrogens is 3. The van der Waals surface area contributed by atoms with Crippen LogP contribution < -0.4 is 0 Å². The first-order valence-corrected chi connectivity index (χ1v) is 5.51. The predicted molar refractivity (Wildman–Crippen MR) is 64.9 cm³/mol. The molecule has 0 aliphatic heterocycles. The number of hydrogen-bond acceptors (Lipinski definition) is 4. The number of nitriles is 1. The van der Waals surface area contributed by atoms with Gasteiger partial charge in [0.25, 0.3) is 0 Å². The summed E-state index contributed by atoms with van der Waals surface area (Å²) in [5.41, 5.74) is 2.15. The highest BCUT2D eigenvalue weighted by Crippen LogP contribution is 2.25. The highest BCUT2D eigenvalue weighted by Gasteiger charge is 2.14. The summed E-state index contributed by atoms with van der Waals surface area (Å²) in [7, 11) is 0. The molecule has 0 aliphatic rings. The summed E-state index contributed by atoms with van der Waals surface area (Å²) in [4.78, 5) is 0. The van der Waals surface area contributed by atoms with Gasteiger partial charge in [0, 0.05) is 12.3 Å². The summed E-state index contributed by atoms with van der Waals surface area (Å²) in [5.74, 6) is 2.38. The molecule has 0 aliphatic carbocycles. The van der Waals surface area contributed by atoms with Crippen LogP contribution in [-0.2, 0) is 0 Å². The quantitative estimate of drug-likeness (QED) is 0.653. The molecule has 0 aromatic carbocycles. The van der Waals surface area contributed by atoms with E-state index in [2.05, 4.69) is 16.3 Å². The zero-order valence-electron chi connectivity index (χ0n) is 10.0. The summed E-state index contributed by atoms with van der Waals surface area (Å²) in [6.07, 6.45) is 1.80. The lowest BCUT2D eigenvalue weighted by molar-refractivity contribution is 0.505. The maximum absolute atomic E-state index is 8.85. The van der Waals surface area contributed by atoms with E-state index in [0.717, 1.165) is 22.9 Å². The molecule has 5 nitrogen and oxygen atoms in total. The summed E-state index contributed by atoms with van der Waals surface area (Å²) in [6, 6.07) is 7.46. The molecule has 3 aromatic heterocycles. The zero-order valence-corrected chi connectivity index (χ0v) is 10.0. The number of pyridine rings is 1. The Morgan fingerprint density at radius 3 is 2.78 bits per heavy atom. The third-order valence-corrected chi connectivity index (χ3v) is 2.82. The third-order valence-electron chi connectivity index (χ3n) is 2.82. The second-order valence-electron chi connectivity index (χ2n) is 4.11. The molecule has 3 aromatic rings. The van der Waals surface area contributed by atoms with Gasteiger partial charge in [-0.25, -0.2) is 0 Å². The number of fused-ring (bicyclic) bond motifs is 1. The molecule has 0 saturated carbocycles. The predicted octanol–water partition coefficient (Wildman–Crippen LogP) is 2.48. The summed E-state index contributed by atoms with van der Waals surface area (Å²) < 4.78 is 7.34. The monoisotopic (exact) mass is 238 g/mol. The van der Waals surface area contributed by atoms with Gasteiger partial charge in [-0.1, -0.05) is 0 Å². The Morgan fingerprint density at radius 1 is 1.28 bits per heavy atom. The van der Waals surface area contributed by atoms with E-state index >= 15 is 0 Å². The van der Waals surface area contributed by atoms with Gasteiger partial charge in [0.15, 0.2) is 11.5 Å². The number of aryl methyl sites for hydroxylation is 2. The fraction of sp³-hybridized carbons (Fsp3) is 0.154. The van der Waals surface area contributed by atoms with Crippen molar-refractivity contribution in [1.82, 2.24) is 14.6 Å². The Balaban J connectivity index is 2.25. The van der Waals surface area contributed by atoms with E-state index in [4.69, 9.17) is 9.68 Å². The van der Waals surface area contributed by atoms with E-state index in [-0.39, 0.29) is 0 Å². The molecule has 0 spiro atoms. The summed E-state index contributed by atoms with van der Waals surface area (Å²) in [6.45, 7) is 3.79. The Labute approximate surface area is 103 Å². The summed E-state index contributed by atoms with van der Waals surface area (Å²) >= 11 is 0. The highest BCUT2D eigenvalue weighted by atomic mass is 16.3. The van der Waals surface area contributed by atoms with Gasteiger partial charge in [0.05, 0.1) is 17.2 Å². The first-order valence-electron chi connectivity index (χ1n) is 5.51. The van der Waals surface area contributed by atoms with Crippen molar-refractivity contribution in [3.63, 3.8) is 0 Å². The smallest absolute Gasteiger partial charge is 0.171 e. The van der Waals surface area contributed by atoms with Gasteiger partial charge < -0.3 is 4.42 Å². The number of rotatable bonds is 1. The van der Waals surface area contributed by atoms with E-state index in [1.807, 2.05) is 24.3 Å². The fourth-order valence-electron chi connectivity index (χ4n) is 2.00. The van der Waals surface area contributed by atoms with E-state index in [1.54, 1.807) is 18.3 Å². The van der Waals surface area contributed by atoms with E-state index in [0.29, 0.717) is 11.2 Å². The SMILES string of the molecule is Cc1cc(-c2nnc3cc(C#N)ccn23)c(C)o1. The van der Waals surface area contributed by atoms with Gasteiger partial charge in [-0.15, -0.1) is 10.2 Å². The molecule has 3 heterocycles. The van der Waals surface area contributed by atoms with E-state index in [1.165, 1.54) is 0 Å². The van der Waals surface area contributed by atoms with Crippen molar-refractivity contribution in [2.45, 2.75) is 13.8 Å². The van der Waals surface area contributed by atoms with Gasteiger partial charge >= 0.3 is 0 Å². The van der Waals surface area contributed by atoms with Crippen LogP contribution in [0.2, 0.25) is 0 Å². The molecule has 0 amide bonds. The number of nitrogens with zero attached hydrogens (tertiary/aromatic N) is 4. The number of furan rings is 1. The Morgan fingerprint density at radius 2 is 2.11 bits per heavy atom. The molecule has 0 bridgehead atoms. The molecule has 3 rings (SSSR count). The zero-order chi connectivity index (χ0) is 12.7. The molecule has 88 valence electrons. The third kappa shape index (κ3) is 1.47. The van der Waals surface area contributed by atoms with Crippen LogP contribution >= 0.6 is 0 Å². The maximum atomic E-state index is 8.85. The van der Waals surface area contributed by atoms with Crippen LogP contribution in [0.25, 0.3) is 17.0 Å². The van der Waals surface area contributed by atoms with Gasteiger partial charge in [0.1, 0.15) is 11.5 Å². The molecule has 0 unspecified atom stereocenters. The lowest BCUT2D eigenvalue weighted by Gasteiger charge is -1.97. The lowest BCUT2D eigenvalue weighted by atomic mass is 10.2. The van der Waals surface area contributed by atoms with Crippen LogP contribution in [0.5, 0.6) is 0 Å². The van der Waals surface area contributed by atoms with Crippen LogP contribution in [0.4, 0.5) is 0 Å². The normalized spacial score (nSPS) is 10.7. The average molecular weight is 238 g/mol. The van der Waals surface area contributed by atoms with Crippen molar-refractivity contribution >= 4 is 5.65 Å². The Kier molecular flexibility index (Phi) is 2.17. The van der Waals surface area contributed by atoms with Crippen molar-refractivity contribution in [3.8, 4) is 17.5 Å². The average Bonchev–Trinajstić information content (AvgIpc) is 2.91. The minimum atomic E-state index is 0.571. The summed E-state index contributed by atoms with van der Waals surface area (Å²) in [5, 5.41) is 17.1. The molecule has 0 fully saturated rings. The van der Waals surface area contributed by atoms with Gasteiger partial charge in [-0.3, -0.25) is 4.40 Å². The van der Waals surface area contributed by atoms with Crippen LogP contribution in [0.1, 0.15) is 17.1 Å². The van der Waals surface area contributed by atoms with Crippen molar-refractivity contribution in [1.29, 1.82) is 5.26 Å². The van der Waals surface area contributed by atoms with Crippen molar-refractivity contribution < 1.29 is 4.42 Å². The van der Waals surface area contributed by atoms with Gasteiger partial charge in [-0.2, -0.15) is 5.26 Å². The minimum Gasteiger partial charge on any atom is -0.466 e. The van der Waals surface area contributed by atoms with Crippen molar-refractivity contribution in [3.05, 3.63) is 41.5 Å². The van der Waals surface area contributed by atoms with E-state index < -0.39 is 0 Å². The Bertz CT molecular complexity index is 776. The number of hydrogen-bond donors (Lipinski definition) is 0. The van der Waals surface area contributed by atoms with Crippen LogP contribution in [0.3, 0.4) is 0 Å². The molecule has 18 heavy (non-hydrogen) atoms. The van der Waals surface area contributed by atoms with Gasteiger partial charge in [0.2, 0.25) is 0 Å². The van der Waals surface area contributed by atoms with Crippen LogP contribution in [0, 0.1) is 25.2 Å². The molecule has 0 radical (unpaired) electrons. The first-order chi connectivity index (χ1) is 8.69. The standard InChI is InChI=1S/C13H10N4O/c1-8-5-11(9(2)18-8)13-16-15-12-6-10(7-14)3-4-17(12)13/h3-6H,1-2H3. The molecule has 0 N–H and O–H groups in total. The topological polar surface area (TPSA) is 67.1 Å². The maximum Gasteiger partial charge on any atom is 0.171 e. The molecule has 5 heteroatoms. The highest BCUT2D eigenvalue weighted by molar-refractivity contribution is 5.62. The molecule has 0 saturated heterocycles.